The average molecular weight is 413 g/mol. The van der Waals surface area contributed by atoms with E-state index in [-0.39, 0.29) is 24.0 Å². The van der Waals surface area contributed by atoms with Crippen molar-refractivity contribution >= 4 is 0 Å². The fraction of sp³-hybridized carbons (Fsp3) is 0.520. The maximum absolute atomic E-state index is 10.9. The largest absolute Gasteiger partial charge is 0.393 e. The molecule has 1 aliphatic heterocycles. The highest BCUT2D eigenvalue weighted by atomic mass is 16.7. The van der Waals surface area contributed by atoms with Crippen LogP contribution in [0.5, 0.6) is 0 Å². The summed E-state index contributed by atoms with van der Waals surface area (Å²) >= 11 is 0. The Morgan fingerprint density at radius 1 is 0.967 bits per heavy atom. The first-order valence-corrected chi connectivity index (χ1v) is 10.8. The van der Waals surface area contributed by atoms with E-state index in [1.54, 1.807) is 0 Å². The Morgan fingerprint density at radius 2 is 1.60 bits per heavy atom. The molecular formula is C25H32O5. The zero-order valence-electron chi connectivity index (χ0n) is 17.8. The number of hydrogen-bond acceptors (Lipinski definition) is 5. The molecule has 2 aliphatic rings. The van der Waals surface area contributed by atoms with Gasteiger partial charge in [-0.05, 0) is 25.0 Å². The predicted octanol–water partition coefficient (Wildman–Crippen LogP) is 3.94. The Labute approximate surface area is 178 Å². The minimum atomic E-state index is -0.622. The number of ether oxygens (including phenoxy) is 4. The topological polar surface area (TPSA) is 57.2 Å². The van der Waals surface area contributed by atoms with Gasteiger partial charge in [0, 0.05) is 18.3 Å². The molecule has 30 heavy (non-hydrogen) atoms. The van der Waals surface area contributed by atoms with Gasteiger partial charge >= 0.3 is 0 Å². The lowest BCUT2D eigenvalue weighted by Gasteiger charge is -2.29. The van der Waals surface area contributed by atoms with Crippen LogP contribution in [-0.2, 0) is 32.2 Å². The van der Waals surface area contributed by atoms with Gasteiger partial charge in [-0.25, -0.2) is 0 Å². The van der Waals surface area contributed by atoms with Gasteiger partial charge in [0.25, 0.3) is 0 Å². The minimum absolute atomic E-state index is 0.0370. The van der Waals surface area contributed by atoms with E-state index in [9.17, 15) is 5.11 Å². The molecule has 5 atom stereocenters. The summed E-state index contributed by atoms with van der Waals surface area (Å²) in [6.07, 6.45) is -0.172. The van der Waals surface area contributed by atoms with Gasteiger partial charge < -0.3 is 24.1 Å². The van der Waals surface area contributed by atoms with Crippen molar-refractivity contribution in [2.75, 3.05) is 13.2 Å². The lowest BCUT2D eigenvalue weighted by atomic mass is 9.89. The molecule has 2 aromatic carbocycles. The van der Waals surface area contributed by atoms with E-state index >= 15 is 0 Å². The SMILES string of the molecule is CC1(C)OCC([C@@H]2C(O)C[C@H](OCc3ccccc3)[C@H]2COCc2ccccc2)O1. The van der Waals surface area contributed by atoms with Crippen molar-refractivity contribution < 1.29 is 24.1 Å². The molecule has 5 heteroatoms. The van der Waals surface area contributed by atoms with E-state index in [1.165, 1.54) is 0 Å². The van der Waals surface area contributed by atoms with Crippen LogP contribution in [0.25, 0.3) is 0 Å². The van der Waals surface area contributed by atoms with E-state index in [2.05, 4.69) is 24.3 Å². The van der Waals surface area contributed by atoms with E-state index in [1.807, 2.05) is 50.2 Å². The van der Waals surface area contributed by atoms with Gasteiger partial charge in [0.15, 0.2) is 5.79 Å². The lowest BCUT2D eigenvalue weighted by Crippen LogP contribution is -2.38. The van der Waals surface area contributed by atoms with Crippen molar-refractivity contribution in [1.82, 2.24) is 0 Å². The van der Waals surface area contributed by atoms with Crippen molar-refractivity contribution in [2.24, 2.45) is 11.8 Å². The van der Waals surface area contributed by atoms with Gasteiger partial charge in [0.05, 0.1) is 44.7 Å². The van der Waals surface area contributed by atoms with E-state index in [0.717, 1.165) is 11.1 Å². The molecule has 0 bridgehead atoms. The van der Waals surface area contributed by atoms with Gasteiger partial charge in [-0.3, -0.25) is 0 Å². The molecule has 1 saturated heterocycles. The highest BCUT2D eigenvalue weighted by Crippen LogP contribution is 2.42. The molecule has 0 spiro atoms. The summed E-state index contributed by atoms with van der Waals surface area (Å²) in [6.45, 7) is 5.88. The van der Waals surface area contributed by atoms with E-state index in [0.29, 0.717) is 32.8 Å². The zero-order valence-corrected chi connectivity index (χ0v) is 17.8. The molecule has 1 saturated carbocycles. The van der Waals surface area contributed by atoms with Crippen LogP contribution < -0.4 is 0 Å². The molecule has 5 nitrogen and oxygen atoms in total. The van der Waals surface area contributed by atoms with Gasteiger partial charge in [0.1, 0.15) is 0 Å². The molecule has 162 valence electrons. The lowest BCUT2D eigenvalue weighted by molar-refractivity contribution is -0.154. The second-order valence-electron chi connectivity index (χ2n) is 8.75. The first-order valence-electron chi connectivity index (χ1n) is 10.8. The van der Waals surface area contributed by atoms with Gasteiger partial charge in [-0.2, -0.15) is 0 Å². The summed E-state index contributed by atoms with van der Waals surface area (Å²) in [6, 6.07) is 20.3. The third-order valence-electron chi connectivity index (χ3n) is 6.08. The smallest absolute Gasteiger partial charge is 0.163 e. The summed E-state index contributed by atoms with van der Waals surface area (Å²) in [5.41, 5.74) is 2.26. The summed E-state index contributed by atoms with van der Waals surface area (Å²) in [5, 5.41) is 10.9. The molecule has 2 aromatic rings. The van der Waals surface area contributed by atoms with Crippen LogP contribution in [0, 0.1) is 11.8 Å². The van der Waals surface area contributed by atoms with E-state index in [4.69, 9.17) is 18.9 Å². The average Bonchev–Trinajstić information content (AvgIpc) is 3.26. The van der Waals surface area contributed by atoms with Gasteiger partial charge in [-0.1, -0.05) is 60.7 Å². The van der Waals surface area contributed by atoms with Crippen LogP contribution in [-0.4, -0.2) is 42.4 Å². The molecule has 4 rings (SSSR count). The monoisotopic (exact) mass is 412 g/mol. The van der Waals surface area contributed by atoms with Crippen LogP contribution in [0.3, 0.4) is 0 Å². The third kappa shape index (κ3) is 5.29. The second-order valence-corrected chi connectivity index (χ2v) is 8.75. The molecular weight excluding hydrogens is 380 g/mol. The maximum Gasteiger partial charge on any atom is 0.163 e. The Morgan fingerprint density at radius 3 is 2.20 bits per heavy atom. The first-order chi connectivity index (χ1) is 14.5. The summed E-state index contributed by atoms with van der Waals surface area (Å²) < 4.78 is 24.3. The maximum atomic E-state index is 10.9. The highest BCUT2D eigenvalue weighted by Gasteiger charge is 2.51. The molecule has 1 N–H and O–H groups in total. The predicted molar refractivity (Wildman–Crippen MR) is 114 cm³/mol. The van der Waals surface area contributed by atoms with Crippen molar-refractivity contribution in [3.63, 3.8) is 0 Å². The van der Waals surface area contributed by atoms with Crippen LogP contribution in [0.1, 0.15) is 31.4 Å². The van der Waals surface area contributed by atoms with Crippen LogP contribution >= 0.6 is 0 Å². The molecule has 0 amide bonds. The van der Waals surface area contributed by atoms with Crippen molar-refractivity contribution in [1.29, 1.82) is 0 Å². The molecule has 2 unspecified atom stereocenters. The summed E-state index contributed by atoms with van der Waals surface area (Å²) in [5.74, 6) is -0.665. The standard InChI is InChI=1S/C25H32O5/c1-25(2)29-17-23(30-25)24-20(16-27-14-18-9-5-3-6-10-18)22(13-21(24)26)28-15-19-11-7-4-8-12-19/h3-12,20-24,26H,13-17H2,1-2H3/t20-,21?,22+,23?,24+/m1/s1. The normalized spacial score (nSPS) is 30.6. The number of aliphatic hydroxyl groups excluding tert-OH is 1. The fourth-order valence-electron chi connectivity index (χ4n) is 4.61. The molecule has 1 aliphatic carbocycles. The Bertz CT molecular complexity index is 779. The van der Waals surface area contributed by atoms with Gasteiger partial charge in [0.2, 0.25) is 0 Å². The number of benzene rings is 2. The van der Waals surface area contributed by atoms with Crippen LogP contribution in [0.2, 0.25) is 0 Å². The van der Waals surface area contributed by atoms with Crippen molar-refractivity contribution in [2.45, 2.75) is 57.6 Å². The number of aliphatic hydroxyl groups is 1. The Balaban J connectivity index is 1.43. The first kappa shape index (κ1) is 21.5. The summed E-state index contributed by atoms with van der Waals surface area (Å²) in [4.78, 5) is 0. The second kappa shape index (κ2) is 9.58. The van der Waals surface area contributed by atoms with Crippen molar-refractivity contribution in [3.05, 3.63) is 71.8 Å². The molecule has 2 fully saturated rings. The molecule has 1 heterocycles. The fourth-order valence-corrected chi connectivity index (χ4v) is 4.61. The molecule has 0 radical (unpaired) electrons. The van der Waals surface area contributed by atoms with Crippen molar-refractivity contribution in [3.8, 4) is 0 Å². The summed E-state index contributed by atoms with van der Waals surface area (Å²) in [7, 11) is 0. The minimum Gasteiger partial charge on any atom is -0.393 e. The third-order valence-corrected chi connectivity index (χ3v) is 6.08. The quantitative estimate of drug-likeness (QED) is 0.712. The van der Waals surface area contributed by atoms with Gasteiger partial charge in [-0.15, -0.1) is 0 Å². The zero-order chi connectivity index (χ0) is 21.0. The number of hydrogen-bond donors (Lipinski definition) is 1. The van der Waals surface area contributed by atoms with Crippen LogP contribution in [0.4, 0.5) is 0 Å². The number of rotatable bonds is 8. The van der Waals surface area contributed by atoms with E-state index < -0.39 is 11.9 Å². The molecule has 0 aromatic heterocycles. The Hall–Kier alpha value is -1.76. The Kier molecular flexibility index (Phi) is 6.86. The van der Waals surface area contributed by atoms with Crippen LogP contribution in [0.15, 0.2) is 60.7 Å². The highest BCUT2D eigenvalue weighted by molar-refractivity contribution is 5.14.